The van der Waals surface area contributed by atoms with Gasteiger partial charge in [-0.25, -0.2) is 9.97 Å². The quantitative estimate of drug-likeness (QED) is 0.593. The van der Waals surface area contributed by atoms with Gasteiger partial charge in [0.05, 0.1) is 23.6 Å². The number of pyridine rings is 1. The molecule has 0 fully saturated rings. The van der Waals surface area contributed by atoms with Gasteiger partial charge in [-0.05, 0) is 25.1 Å². The van der Waals surface area contributed by atoms with E-state index in [4.69, 9.17) is 4.52 Å². The Kier molecular flexibility index (Phi) is 4.14. The Bertz CT molecular complexity index is 1020. The first-order chi connectivity index (χ1) is 12.7. The van der Waals surface area contributed by atoms with Gasteiger partial charge in [-0.3, -0.25) is 9.67 Å². The van der Waals surface area contributed by atoms with Crippen LogP contribution in [-0.4, -0.2) is 29.9 Å². The van der Waals surface area contributed by atoms with Gasteiger partial charge in [-0.15, -0.1) is 0 Å². The highest BCUT2D eigenvalue weighted by Crippen LogP contribution is 2.21. The first kappa shape index (κ1) is 15.9. The van der Waals surface area contributed by atoms with Crippen molar-refractivity contribution < 1.29 is 4.52 Å². The highest BCUT2D eigenvalue weighted by Gasteiger charge is 2.10. The van der Waals surface area contributed by atoms with Gasteiger partial charge in [-0.1, -0.05) is 11.2 Å². The zero-order valence-electron chi connectivity index (χ0n) is 14.4. The molecular weight excluding hydrogens is 330 g/mol. The predicted molar refractivity (Wildman–Crippen MR) is 96.0 cm³/mol. The molecule has 0 saturated heterocycles. The van der Waals surface area contributed by atoms with Crippen molar-refractivity contribution in [1.82, 2.24) is 29.9 Å². The normalized spacial score (nSPS) is 10.8. The molecular formula is C18H17N7O. The van der Waals surface area contributed by atoms with E-state index in [1.807, 2.05) is 50.5 Å². The van der Waals surface area contributed by atoms with Crippen LogP contribution in [0, 0.1) is 6.92 Å². The number of rotatable bonds is 5. The summed E-state index contributed by atoms with van der Waals surface area (Å²) in [7, 11) is 1.89. The molecule has 0 aromatic carbocycles. The smallest absolute Gasteiger partial charge is 0.223 e. The Hall–Kier alpha value is -3.55. The molecule has 4 rings (SSSR count). The molecule has 0 aliphatic heterocycles. The van der Waals surface area contributed by atoms with E-state index < -0.39 is 0 Å². The molecule has 4 aromatic rings. The Morgan fingerprint density at radius 1 is 1.08 bits per heavy atom. The second kappa shape index (κ2) is 6.75. The van der Waals surface area contributed by atoms with Gasteiger partial charge in [0.25, 0.3) is 0 Å². The number of aryl methyl sites for hydroxylation is 2. The molecule has 0 radical (unpaired) electrons. The molecule has 8 nitrogen and oxygen atoms in total. The maximum Gasteiger partial charge on any atom is 0.223 e. The zero-order valence-corrected chi connectivity index (χ0v) is 14.4. The Labute approximate surface area is 149 Å². The minimum atomic E-state index is 0.426. The molecule has 4 heterocycles. The zero-order chi connectivity index (χ0) is 17.9. The fourth-order valence-corrected chi connectivity index (χ4v) is 2.64. The van der Waals surface area contributed by atoms with Crippen LogP contribution >= 0.6 is 0 Å². The van der Waals surface area contributed by atoms with Crippen molar-refractivity contribution in [3.63, 3.8) is 0 Å². The molecule has 130 valence electrons. The van der Waals surface area contributed by atoms with Crippen LogP contribution < -0.4 is 5.32 Å². The van der Waals surface area contributed by atoms with Crippen LogP contribution in [-0.2, 0) is 13.6 Å². The van der Waals surface area contributed by atoms with E-state index in [-0.39, 0.29) is 0 Å². The third-order valence-corrected chi connectivity index (χ3v) is 3.85. The molecule has 8 heteroatoms. The van der Waals surface area contributed by atoms with Gasteiger partial charge in [-0.2, -0.15) is 5.10 Å². The van der Waals surface area contributed by atoms with Crippen molar-refractivity contribution in [2.45, 2.75) is 13.5 Å². The summed E-state index contributed by atoms with van der Waals surface area (Å²) in [4.78, 5) is 13.1. The molecule has 0 spiro atoms. The molecule has 1 N–H and O–H groups in total. The average Bonchev–Trinajstić information content (AvgIpc) is 3.27. The van der Waals surface area contributed by atoms with E-state index >= 15 is 0 Å². The second-order valence-corrected chi connectivity index (χ2v) is 5.81. The molecule has 0 aliphatic carbocycles. The maximum atomic E-state index is 5.36. The van der Waals surface area contributed by atoms with Crippen molar-refractivity contribution >= 4 is 5.95 Å². The van der Waals surface area contributed by atoms with Crippen molar-refractivity contribution in [2.24, 2.45) is 7.05 Å². The van der Waals surface area contributed by atoms with Gasteiger partial charge in [0.1, 0.15) is 5.69 Å². The third kappa shape index (κ3) is 3.30. The van der Waals surface area contributed by atoms with Crippen molar-refractivity contribution in [3.05, 3.63) is 60.4 Å². The predicted octanol–water partition coefficient (Wildman–Crippen LogP) is 2.85. The number of aromatic nitrogens is 6. The van der Waals surface area contributed by atoms with E-state index in [2.05, 4.69) is 30.5 Å². The van der Waals surface area contributed by atoms with Gasteiger partial charge < -0.3 is 9.84 Å². The largest absolute Gasteiger partial charge is 0.359 e. The first-order valence-corrected chi connectivity index (χ1v) is 8.13. The summed E-state index contributed by atoms with van der Waals surface area (Å²) in [5, 5.41) is 11.6. The summed E-state index contributed by atoms with van der Waals surface area (Å²) in [6.07, 6.45) is 5.38. The summed E-state index contributed by atoms with van der Waals surface area (Å²) in [5.41, 5.74) is 4.19. The summed E-state index contributed by atoms with van der Waals surface area (Å²) in [5.74, 6) is 1.19. The number of nitrogens with one attached hydrogen (secondary N) is 1. The van der Waals surface area contributed by atoms with Gasteiger partial charge in [0, 0.05) is 37.3 Å². The lowest BCUT2D eigenvalue weighted by Crippen LogP contribution is -2.03. The molecule has 0 saturated carbocycles. The Morgan fingerprint density at radius 3 is 2.77 bits per heavy atom. The Balaban J connectivity index is 1.48. The molecule has 0 atom stereocenters. The van der Waals surface area contributed by atoms with Gasteiger partial charge in [0.2, 0.25) is 5.95 Å². The molecule has 4 aromatic heterocycles. The summed E-state index contributed by atoms with van der Waals surface area (Å²) in [6.45, 7) is 2.38. The van der Waals surface area contributed by atoms with E-state index in [1.54, 1.807) is 17.1 Å². The SMILES string of the molecule is Cc1nn(C)cc1-c1ccnc(NCc2cc(-c3ccccn3)no2)n1. The monoisotopic (exact) mass is 347 g/mol. The van der Waals surface area contributed by atoms with Crippen molar-refractivity contribution in [3.8, 4) is 22.6 Å². The molecule has 26 heavy (non-hydrogen) atoms. The summed E-state index contributed by atoms with van der Waals surface area (Å²) >= 11 is 0. The molecule has 0 amide bonds. The molecule has 0 unspecified atom stereocenters. The minimum Gasteiger partial charge on any atom is -0.359 e. The van der Waals surface area contributed by atoms with Gasteiger partial charge >= 0.3 is 0 Å². The van der Waals surface area contributed by atoms with Crippen LogP contribution in [0.5, 0.6) is 0 Å². The van der Waals surface area contributed by atoms with Crippen molar-refractivity contribution in [2.75, 3.05) is 5.32 Å². The molecule has 0 bridgehead atoms. The van der Waals surface area contributed by atoms with Crippen LogP contribution in [0.25, 0.3) is 22.6 Å². The Morgan fingerprint density at radius 2 is 2.00 bits per heavy atom. The van der Waals surface area contributed by atoms with E-state index in [0.717, 1.165) is 22.6 Å². The van der Waals surface area contributed by atoms with E-state index in [1.165, 1.54) is 0 Å². The van der Waals surface area contributed by atoms with Crippen LogP contribution in [0.4, 0.5) is 5.95 Å². The van der Waals surface area contributed by atoms with Crippen LogP contribution in [0.2, 0.25) is 0 Å². The van der Waals surface area contributed by atoms with Gasteiger partial charge in [0.15, 0.2) is 5.76 Å². The van der Waals surface area contributed by atoms with E-state index in [0.29, 0.717) is 23.9 Å². The maximum absolute atomic E-state index is 5.36. The first-order valence-electron chi connectivity index (χ1n) is 8.13. The van der Waals surface area contributed by atoms with Crippen LogP contribution in [0.3, 0.4) is 0 Å². The fourth-order valence-electron chi connectivity index (χ4n) is 2.64. The third-order valence-electron chi connectivity index (χ3n) is 3.85. The lowest BCUT2D eigenvalue weighted by Gasteiger charge is -2.04. The van der Waals surface area contributed by atoms with Crippen molar-refractivity contribution in [1.29, 1.82) is 0 Å². The number of anilines is 1. The van der Waals surface area contributed by atoms with Crippen LogP contribution in [0.1, 0.15) is 11.5 Å². The highest BCUT2D eigenvalue weighted by atomic mass is 16.5. The highest BCUT2D eigenvalue weighted by molar-refractivity contribution is 5.61. The minimum absolute atomic E-state index is 0.426. The summed E-state index contributed by atoms with van der Waals surface area (Å²) < 4.78 is 7.13. The lowest BCUT2D eigenvalue weighted by molar-refractivity contribution is 0.389. The standard InChI is InChI=1S/C18H17N7O/c1-12-14(11-25(2)23-12)15-6-8-20-18(22-15)21-10-13-9-17(24-26-13)16-5-3-4-7-19-16/h3-9,11H,10H2,1-2H3,(H,20,21,22). The van der Waals surface area contributed by atoms with E-state index in [9.17, 15) is 0 Å². The number of nitrogens with zero attached hydrogens (tertiary/aromatic N) is 6. The number of hydrogen-bond acceptors (Lipinski definition) is 7. The lowest BCUT2D eigenvalue weighted by atomic mass is 10.2. The average molecular weight is 347 g/mol. The topological polar surface area (TPSA) is 94.6 Å². The number of hydrogen-bond donors (Lipinski definition) is 1. The summed E-state index contributed by atoms with van der Waals surface area (Å²) in [6, 6.07) is 9.38. The fraction of sp³-hybridized carbons (Fsp3) is 0.167. The second-order valence-electron chi connectivity index (χ2n) is 5.81. The molecule has 0 aliphatic rings. The van der Waals surface area contributed by atoms with Crippen LogP contribution in [0.15, 0.2) is 53.4 Å².